The average molecular weight is 312 g/mol. The van der Waals surface area contributed by atoms with Crippen molar-refractivity contribution in [2.24, 2.45) is 0 Å². The molecule has 0 atom stereocenters. The summed E-state index contributed by atoms with van der Waals surface area (Å²) in [5.41, 5.74) is 1.35. The van der Waals surface area contributed by atoms with Crippen LogP contribution in [0.4, 0.5) is 0 Å². The Morgan fingerprint density at radius 1 is 1.27 bits per heavy atom. The first-order valence-corrected chi connectivity index (χ1v) is 7.48. The number of amides is 1. The number of likely N-dealkylation sites (N-methyl/N-ethyl adjacent to an activating group) is 1. The van der Waals surface area contributed by atoms with E-state index in [4.69, 9.17) is 17.0 Å². The molecule has 4 nitrogen and oxygen atoms in total. The van der Waals surface area contributed by atoms with E-state index >= 15 is 0 Å². The quantitative estimate of drug-likeness (QED) is 0.699. The van der Waals surface area contributed by atoms with Gasteiger partial charge in [-0.1, -0.05) is 30.3 Å². The topological polar surface area (TPSA) is 41.6 Å². The lowest BCUT2D eigenvalue weighted by Crippen LogP contribution is -2.25. The van der Waals surface area contributed by atoms with Crippen molar-refractivity contribution in [1.82, 2.24) is 10.2 Å². The SMILES string of the molecule is CCOc1ccc2ccccc2c1/C=C1\NC(=S)N(C)C1=O. The minimum absolute atomic E-state index is 0.139. The van der Waals surface area contributed by atoms with Gasteiger partial charge in [-0.05, 0) is 42.1 Å². The number of carbonyl (C=O) groups excluding carboxylic acids is 1. The number of nitrogens with one attached hydrogen (secondary N) is 1. The van der Waals surface area contributed by atoms with Crippen molar-refractivity contribution in [2.75, 3.05) is 13.7 Å². The van der Waals surface area contributed by atoms with Gasteiger partial charge >= 0.3 is 0 Å². The van der Waals surface area contributed by atoms with E-state index in [1.807, 2.05) is 49.4 Å². The van der Waals surface area contributed by atoms with E-state index in [1.165, 1.54) is 4.90 Å². The van der Waals surface area contributed by atoms with Crippen LogP contribution in [0.25, 0.3) is 16.8 Å². The molecule has 1 N–H and O–H groups in total. The number of rotatable bonds is 3. The lowest BCUT2D eigenvalue weighted by Gasteiger charge is -2.11. The Hall–Kier alpha value is -2.40. The molecule has 1 amide bonds. The van der Waals surface area contributed by atoms with Crippen LogP contribution in [0, 0.1) is 0 Å². The molecular weight excluding hydrogens is 296 g/mol. The van der Waals surface area contributed by atoms with E-state index in [1.54, 1.807) is 7.05 Å². The van der Waals surface area contributed by atoms with Crippen LogP contribution in [0.3, 0.4) is 0 Å². The second-order valence-electron chi connectivity index (χ2n) is 4.98. The van der Waals surface area contributed by atoms with E-state index in [9.17, 15) is 4.79 Å². The standard InChI is InChI=1S/C17H16N2O2S/c1-3-21-15-9-8-11-6-4-5-7-12(11)13(15)10-14-16(20)19(2)17(22)18-14/h4-10H,3H2,1-2H3,(H,18,22)/b14-10-. The van der Waals surface area contributed by atoms with E-state index < -0.39 is 0 Å². The molecule has 2 aromatic carbocycles. The van der Waals surface area contributed by atoms with Gasteiger partial charge in [-0.15, -0.1) is 0 Å². The van der Waals surface area contributed by atoms with Crippen molar-refractivity contribution in [2.45, 2.75) is 6.92 Å². The third kappa shape index (κ3) is 2.44. The fraction of sp³-hybridized carbons (Fsp3) is 0.176. The van der Waals surface area contributed by atoms with Gasteiger partial charge in [0.25, 0.3) is 5.91 Å². The number of benzene rings is 2. The zero-order valence-electron chi connectivity index (χ0n) is 12.4. The van der Waals surface area contributed by atoms with Gasteiger partial charge in [-0.25, -0.2) is 0 Å². The van der Waals surface area contributed by atoms with Crippen molar-refractivity contribution < 1.29 is 9.53 Å². The molecule has 112 valence electrons. The molecule has 0 aliphatic carbocycles. The third-order valence-electron chi connectivity index (χ3n) is 3.60. The van der Waals surface area contributed by atoms with Crippen molar-refractivity contribution in [3.63, 3.8) is 0 Å². The van der Waals surface area contributed by atoms with Gasteiger partial charge in [0, 0.05) is 12.6 Å². The van der Waals surface area contributed by atoms with Gasteiger partial charge in [0.15, 0.2) is 5.11 Å². The van der Waals surface area contributed by atoms with Gasteiger partial charge in [0.1, 0.15) is 11.4 Å². The highest BCUT2D eigenvalue weighted by atomic mass is 32.1. The highest BCUT2D eigenvalue weighted by Gasteiger charge is 2.27. The number of carbonyl (C=O) groups is 1. The Morgan fingerprint density at radius 2 is 2.05 bits per heavy atom. The third-order valence-corrected chi connectivity index (χ3v) is 3.98. The summed E-state index contributed by atoms with van der Waals surface area (Å²) in [4.78, 5) is 13.6. The summed E-state index contributed by atoms with van der Waals surface area (Å²) < 4.78 is 5.71. The summed E-state index contributed by atoms with van der Waals surface area (Å²) in [5.74, 6) is 0.615. The molecule has 2 aromatic rings. The summed E-state index contributed by atoms with van der Waals surface area (Å²) in [6.07, 6.45) is 1.81. The summed E-state index contributed by atoms with van der Waals surface area (Å²) in [5, 5.41) is 5.50. The molecule has 0 unspecified atom stereocenters. The van der Waals surface area contributed by atoms with Gasteiger partial charge in [0.2, 0.25) is 0 Å². The van der Waals surface area contributed by atoms with Crippen LogP contribution in [0.15, 0.2) is 42.1 Å². The first-order valence-electron chi connectivity index (χ1n) is 7.07. The molecule has 5 heteroatoms. The van der Waals surface area contributed by atoms with Crippen LogP contribution < -0.4 is 10.1 Å². The van der Waals surface area contributed by atoms with Gasteiger partial charge in [-0.3, -0.25) is 9.69 Å². The Balaban J connectivity index is 2.18. The van der Waals surface area contributed by atoms with Gasteiger partial charge in [-0.2, -0.15) is 0 Å². The maximum Gasteiger partial charge on any atom is 0.276 e. The van der Waals surface area contributed by atoms with Crippen LogP contribution in [0.1, 0.15) is 12.5 Å². The fourth-order valence-corrected chi connectivity index (χ4v) is 2.67. The largest absolute Gasteiger partial charge is 0.493 e. The first kappa shape index (κ1) is 14.5. The molecule has 22 heavy (non-hydrogen) atoms. The van der Waals surface area contributed by atoms with E-state index in [0.717, 1.165) is 22.1 Å². The van der Waals surface area contributed by atoms with Crippen LogP contribution in [0.5, 0.6) is 5.75 Å². The molecule has 0 aromatic heterocycles. The molecule has 0 spiro atoms. The smallest absolute Gasteiger partial charge is 0.276 e. The predicted octanol–water partition coefficient (Wildman–Crippen LogP) is 2.93. The molecule has 1 fully saturated rings. The van der Waals surface area contributed by atoms with Gasteiger partial charge < -0.3 is 10.1 Å². The Bertz CT molecular complexity index is 798. The molecule has 1 aliphatic rings. The van der Waals surface area contributed by atoms with Crippen LogP contribution >= 0.6 is 12.2 Å². The second kappa shape index (κ2) is 5.77. The molecule has 1 heterocycles. The molecule has 1 saturated heterocycles. The molecular formula is C17H16N2O2S. The Morgan fingerprint density at radius 3 is 2.73 bits per heavy atom. The molecule has 0 saturated carbocycles. The highest BCUT2D eigenvalue weighted by Crippen LogP contribution is 2.30. The van der Waals surface area contributed by atoms with E-state index in [0.29, 0.717) is 17.4 Å². The first-order chi connectivity index (χ1) is 10.6. The van der Waals surface area contributed by atoms with Crippen LogP contribution in [0.2, 0.25) is 0 Å². The summed E-state index contributed by atoms with van der Waals surface area (Å²) in [6.45, 7) is 2.50. The zero-order chi connectivity index (χ0) is 15.7. The Kier molecular flexibility index (Phi) is 3.81. The van der Waals surface area contributed by atoms with Crippen molar-refractivity contribution in [3.05, 3.63) is 47.7 Å². The lowest BCUT2D eigenvalue weighted by atomic mass is 10.0. The van der Waals surface area contributed by atoms with Crippen LogP contribution in [-0.2, 0) is 4.79 Å². The van der Waals surface area contributed by atoms with E-state index in [-0.39, 0.29) is 5.91 Å². The predicted molar refractivity (Wildman–Crippen MR) is 91.6 cm³/mol. The fourth-order valence-electron chi connectivity index (χ4n) is 2.47. The highest BCUT2D eigenvalue weighted by molar-refractivity contribution is 7.80. The summed E-state index contributed by atoms with van der Waals surface area (Å²) in [7, 11) is 1.66. The molecule has 0 bridgehead atoms. The normalized spacial score (nSPS) is 16.5. The lowest BCUT2D eigenvalue weighted by molar-refractivity contribution is -0.121. The number of hydrogen-bond donors (Lipinski definition) is 1. The Labute approximate surface area is 134 Å². The van der Waals surface area contributed by atoms with Crippen molar-refractivity contribution in [1.29, 1.82) is 0 Å². The number of ether oxygens (including phenoxy) is 1. The van der Waals surface area contributed by atoms with Gasteiger partial charge in [0.05, 0.1) is 6.61 Å². The maximum absolute atomic E-state index is 12.2. The summed E-state index contributed by atoms with van der Waals surface area (Å²) >= 11 is 5.11. The van der Waals surface area contributed by atoms with E-state index in [2.05, 4.69) is 5.32 Å². The minimum Gasteiger partial charge on any atom is -0.493 e. The zero-order valence-corrected chi connectivity index (χ0v) is 13.2. The number of fused-ring (bicyclic) bond motifs is 1. The van der Waals surface area contributed by atoms with Crippen LogP contribution in [-0.4, -0.2) is 29.6 Å². The molecule has 3 rings (SSSR count). The monoisotopic (exact) mass is 312 g/mol. The summed E-state index contributed by atoms with van der Waals surface area (Å²) in [6, 6.07) is 12.0. The number of hydrogen-bond acceptors (Lipinski definition) is 3. The second-order valence-corrected chi connectivity index (χ2v) is 5.37. The number of nitrogens with zero attached hydrogens (tertiary/aromatic N) is 1. The van der Waals surface area contributed by atoms with Crippen molar-refractivity contribution >= 4 is 40.1 Å². The average Bonchev–Trinajstić information content (AvgIpc) is 2.77. The minimum atomic E-state index is -0.139. The maximum atomic E-state index is 12.2. The van der Waals surface area contributed by atoms with Crippen molar-refractivity contribution in [3.8, 4) is 5.75 Å². The molecule has 1 aliphatic heterocycles. The number of thiocarbonyl (C=S) groups is 1. The molecule has 0 radical (unpaired) electrons.